The van der Waals surface area contributed by atoms with Crippen molar-refractivity contribution in [2.24, 2.45) is 0 Å². The van der Waals surface area contributed by atoms with E-state index in [0.717, 1.165) is 51.6 Å². The summed E-state index contributed by atoms with van der Waals surface area (Å²) in [5.74, 6) is 0.361. The number of imidazole rings is 1. The second-order valence-electron chi connectivity index (χ2n) is 7.69. The minimum Gasteiger partial charge on any atom is -0.342 e. The molecular weight excluding hydrogens is 310 g/mol. The van der Waals surface area contributed by atoms with E-state index in [1.54, 1.807) is 0 Å². The van der Waals surface area contributed by atoms with Crippen molar-refractivity contribution >= 4 is 5.91 Å². The molecule has 0 N–H and O–H groups in total. The van der Waals surface area contributed by atoms with Crippen LogP contribution in [0, 0.1) is 6.92 Å². The summed E-state index contributed by atoms with van der Waals surface area (Å²) in [4.78, 5) is 19.8. The molecule has 0 spiro atoms. The Labute approximate surface area is 149 Å². The van der Waals surface area contributed by atoms with Crippen LogP contribution in [0.2, 0.25) is 0 Å². The lowest BCUT2D eigenvalue weighted by Crippen LogP contribution is -2.48. The topological polar surface area (TPSA) is 38.1 Å². The number of carbonyl (C=O) groups is 1. The molecule has 4 heteroatoms. The number of piperidine rings is 1. The molecule has 0 bridgehead atoms. The lowest BCUT2D eigenvalue weighted by molar-refractivity contribution is -0.138. The van der Waals surface area contributed by atoms with E-state index in [0.29, 0.717) is 11.9 Å². The molecule has 25 heavy (non-hydrogen) atoms. The number of rotatable bonds is 3. The Kier molecular flexibility index (Phi) is 4.36. The second kappa shape index (κ2) is 6.66. The second-order valence-corrected chi connectivity index (χ2v) is 7.69. The largest absolute Gasteiger partial charge is 0.342 e. The van der Waals surface area contributed by atoms with E-state index in [-0.39, 0.29) is 5.41 Å². The smallest absolute Gasteiger partial charge is 0.233 e. The summed E-state index contributed by atoms with van der Waals surface area (Å²) < 4.78 is 2.19. The maximum Gasteiger partial charge on any atom is 0.233 e. The zero-order chi connectivity index (χ0) is 17.3. The molecular formula is C21H27N3O. The Morgan fingerprint density at radius 3 is 2.60 bits per heavy atom. The third kappa shape index (κ3) is 2.99. The normalized spacial score (nSPS) is 20.8. The fourth-order valence-corrected chi connectivity index (χ4v) is 4.70. The summed E-state index contributed by atoms with van der Waals surface area (Å²) >= 11 is 0. The molecule has 1 aromatic heterocycles. The number of hydrogen-bond donors (Lipinski definition) is 0. The standard InChI is InChI=1S/C21H27N3O/c1-17-5-4-6-18(15-17)21(9-2-3-10-21)20(25)23-12-7-19(8-13-23)24-14-11-22-16-24/h4-6,11,14-16,19H,2-3,7-10,12-13H2,1H3. The molecule has 0 radical (unpaired) electrons. The van der Waals surface area contributed by atoms with Crippen LogP contribution < -0.4 is 0 Å². The van der Waals surface area contributed by atoms with Gasteiger partial charge in [-0.2, -0.15) is 0 Å². The van der Waals surface area contributed by atoms with E-state index >= 15 is 0 Å². The summed E-state index contributed by atoms with van der Waals surface area (Å²) in [6.45, 7) is 3.83. The summed E-state index contributed by atoms with van der Waals surface area (Å²) in [5.41, 5.74) is 2.19. The van der Waals surface area contributed by atoms with Crippen LogP contribution in [0.4, 0.5) is 0 Å². The minimum absolute atomic E-state index is 0.284. The van der Waals surface area contributed by atoms with Gasteiger partial charge in [-0.05, 0) is 38.2 Å². The number of nitrogens with zero attached hydrogens (tertiary/aromatic N) is 3. The summed E-state index contributed by atoms with van der Waals surface area (Å²) in [6, 6.07) is 9.08. The van der Waals surface area contributed by atoms with Crippen molar-refractivity contribution in [3.8, 4) is 0 Å². The van der Waals surface area contributed by atoms with Gasteiger partial charge in [-0.3, -0.25) is 4.79 Å². The Morgan fingerprint density at radius 1 is 1.20 bits per heavy atom. The van der Waals surface area contributed by atoms with Gasteiger partial charge in [-0.25, -0.2) is 4.98 Å². The molecule has 4 nitrogen and oxygen atoms in total. The van der Waals surface area contributed by atoms with Crippen LogP contribution in [0.15, 0.2) is 43.0 Å². The van der Waals surface area contributed by atoms with Crippen molar-refractivity contribution in [2.45, 2.75) is 56.9 Å². The quantitative estimate of drug-likeness (QED) is 0.853. The molecule has 1 aliphatic carbocycles. The van der Waals surface area contributed by atoms with E-state index in [9.17, 15) is 4.79 Å². The lowest BCUT2D eigenvalue weighted by atomic mass is 9.76. The summed E-state index contributed by atoms with van der Waals surface area (Å²) in [6.07, 6.45) is 12.1. The number of aromatic nitrogens is 2. The van der Waals surface area contributed by atoms with Crippen molar-refractivity contribution in [3.63, 3.8) is 0 Å². The number of carbonyl (C=O) groups excluding carboxylic acids is 1. The number of amides is 1. The van der Waals surface area contributed by atoms with Crippen molar-refractivity contribution in [1.82, 2.24) is 14.5 Å². The number of hydrogen-bond acceptors (Lipinski definition) is 2. The first kappa shape index (κ1) is 16.4. The Morgan fingerprint density at radius 2 is 1.96 bits per heavy atom. The van der Waals surface area contributed by atoms with Crippen molar-refractivity contribution in [3.05, 3.63) is 54.1 Å². The predicted molar refractivity (Wildman–Crippen MR) is 98.4 cm³/mol. The average Bonchev–Trinajstić information content (AvgIpc) is 3.34. The molecule has 2 fully saturated rings. The fourth-order valence-electron chi connectivity index (χ4n) is 4.70. The molecule has 0 unspecified atom stereocenters. The maximum atomic E-state index is 13.5. The predicted octanol–water partition coefficient (Wildman–Crippen LogP) is 3.87. The van der Waals surface area contributed by atoms with Crippen LogP contribution in [0.5, 0.6) is 0 Å². The SMILES string of the molecule is Cc1cccc(C2(C(=O)N3CCC(n4ccnc4)CC3)CCCC2)c1. The first-order valence-electron chi connectivity index (χ1n) is 9.53. The third-order valence-electron chi connectivity index (χ3n) is 6.14. The van der Waals surface area contributed by atoms with E-state index in [4.69, 9.17) is 0 Å². The fraction of sp³-hybridized carbons (Fsp3) is 0.524. The van der Waals surface area contributed by atoms with E-state index in [1.807, 2.05) is 18.7 Å². The van der Waals surface area contributed by atoms with Crippen LogP contribution >= 0.6 is 0 Å². The third-order valence-corrected chi connectivity index (χ3v) is 6.14. The van der Waals surface area contributed by atoms with Crippen LogP contribution in [0.3, 0.4) is 0 Å². The molecule has 1 amide bonds. The highest BCUT2D eigenvalue weighted by molar-refractivity contribution is 5.88. The van der Waals surface area contributed by atoms with Gasteiger partial charge in [0.1, 0.15) is 0 Å². The number of likely N-dealkylation sites (tertiary alicyclic amines) is 1. The molecule has 2 aliphatic rings. The summed E-state index contributed by atoms with van der Waals surface area (Å²) in [5, 5.41) is 0. The zero-order valence-corrected chi connectivity index (χ0v) is 15.0. The molecule has 132 valence electrons. The molecule has 1 saturated carbocycles. The molecule has 0 atom stereocenters. The summed E-state index contributed by atoms with van der Waals surface area (Å²) in [7, 11) is 0. The molecule has 1 aliphatic heterocycles. The Balaban J connectivity index is 1.52. The Hall–Kier alpha value is -2.10. The lowest BCUT2D eigenvalue weighted by Gasteiger charge is -2.39. The van der Waals surface area contributed by atoms with Gasteiger partial charge >= 0.3 is 0 Å². The molecule has 2 aromatic rings. The first-order valence-corrected chi connectivity index (χ1v) is 9.53. The van der Waals surface area contributed by atoms with Crippen molar-refractivity contribution in [2.75, 3.05) is 13.1 Å². The van der Waals surface area contributed by atoms with Gasteiger partial charge in [0.2, 0.25) is 5.91 Å². The van der Waals surface area contributed by atoms with E-state index in [2.05, 4.69) is 45.6 Å². The van der Waals surface area contributed by atoms with E-state index in [1.165, 1.54) is 11.1 Å². The Bertz CT molecular complexity index is 723. The molecule has 1 aromatic carbocycles. The molecule has 4 rings (SSSR count). The van der Waals surface area contributed by atoms with Gasteiger partial charge in [0.15, 0.2) is 0 Å². The van der Waals surface area contributed by atoms with Crippen LogP contribution in [0.1, 0.15) is 55.7 Å². The van der Waals surface area contributed by atoms with Gasteiger partial charge in [-0.1, -0.05) is 42.7 Å². The maximum absolute atomic E-state index is 13.5. The monoisotopic (exact) mass is 337 g/mol. The van der Waals surface area contributed by atoms with Crippen LogP contribution in [0.25, 0.3) is 0 Å². The first-order chi connectivity index (χ1) is 12.2. The molecule has 1 saturated heterocycles. The highest BCUT2D eigenvalue weighted by Gasteiger charge is 2.45. The molecule has 2 heterocycles. The zero-order valence-electron chi connectivity index (χ0n) is 15.0. The van der Waals surface area contributed by atoms with Gasteiger partial charge < -0.3 is 9.47 Å². The van der Waals surface area contributed by atoms with Gasteiger partial charge in [0.05, 0.1) is 11.7 Å². The van der Waals surface area contributed by atoms with Crippen molar-refractivity contribution in [1.29, 1.82) is 0 Å². The minimum atomic E-state index is -0.284. The van der Waals surface area contributed by atoms with Crippen molar-refractivity contribution < 1.29 is 4.79 Å². The van der Waals surface area contributed by atoms with Crippen LogP contribution in [-0.2, 0) is 10.2 Å². The highest BCUT2D eigenvalue weighted by atomic mass is 16.2. The van der Waals surface area contributed by atoms with Gasteiger partial charge in [0.25, 0.3) is 0 Å². The average molecular weight is 337 g/mol. The number of aryl methyl sites for hydroxylation is 1. The van der Waals surface area contributed by atoms with Gasteiger partial charge in [-0.15, -0.1) is 0 Å². The van der Waals surface area contributed by atoms with E-state index < -0.39 is 0 Å². The van der Waals surface area contributed by atoms with Crippen LogP contribution in [-0.4, -0.2) is 33.4 Å². The van der Waals surface area contributed by atoms with Gasteiger partial charge in [0, 0.05) is 31.5 Å². The number of benzene rings is 1. The highest BCUT2D eigenvalue weighted by Crippen LogP contribution is 2.43.